The number of carbonyl (C=O) groups is 2. The fourth-order valence-corrected chi connectivity index (χ4v) is 5.09. The Morgan fingerprint density at radius 1 is 0.769 bits per heavy atom. The number of benzene rings is 1. The first-order valence-corrected chi connectivity index (χ1v) is 12.8. The highest BCUT2D eigenvalue weighted by molar-refractivity contribution is 7.09. The van der Waals surface area contributed by atoms with Crippen LogP contribution in [0.4, 0.5) is 30.7 Å². The van der Waals surface area contributed by atoms with E-state index in [1.54, 1.807) is 12.1 Å². The minimum absolute atomic E-state index is 0.143. The molecule has 3 heterocycles. The number of piperidine rings is 2. The molecule has 0 unspecified atom stereocenters. The van der Waals surface area contributed by atoms with Crippen LogP contribution in [0.5, 0.6) is 0 Å². The van der Waals surface area contributed by atoms with Crippen LogP contribution in [0.3, 0.4) is 0 Å². The zero-order valence-corrected chi connectivity index (χ0v) is 21.6. The number of hydrogen-bond donors (Lipinski definition) is 2. The SMILES string of the molecule is Fc1ccc(CN2CCC3(CC2)CCN(Cc2cccs2)CC3)cc1.O=C(O)C(F)(F)F.O=C(O)C(F)(F)F. The second-order valence-electron chi connectivity index (χ2n) is 9.36. The molecule has 0 bridgehead atoms. The van der Waals surface area contributed by atoms with Gasteiger partial charge in [0.2, 0.25) is 0 Å². The molecule has 2 fully saturated rings. The molecule has 0 amide bonds. The smallest absolute Gasteiger partial charge is 0.475 e. The van der Waals surface area contributed by atoms with Crippen LogP contribution < -0.4 is 0 Å². The van der Waals surface area contributed by atoms with Crippen LogP contribution in [0, 0.1) is 11.2 Å². The average Bonchev–Trinajstić information content (AvgIpc) is 3.36. The Labute approximate surface area is 224 Å². The normalized spacial score (nSPS) is 17.9. The fraction of sp³-hybridized carbons (Fsp3) is 0.520. The molecule has 1 aromatic heterocycles. The van der Waals surface area contributed by atoms with Gasteiger partial charge in [0.25, 0.3) is 0 Å². The number of thiophene rings is 1. The number of halogens is 7. The van der Waals surface area contributed by atoms with E-state index in [4.69, 9.17) is 19.8 Å². The Bertz CT molecular complexity index is 1000. The van der Waals surface area contributed by atoms with E-state index < -0.39 is 24.3 Å². The van der Waals surface area contributed by atoms with Gasteiger partial charge in [0.15, 0.2) is 0 Å². The zero-order chi connectivity index (χ0) is 29.3. The van der Waals surface area contributed by atoms with Gasteiger partial charge in [-0.05, 0) is 86.4 Å². The number of alkyl halides is 6. The first kappa shape index (κ1) is 32.5. The lowest BCUT2D eigenvalue weighted by atomic mass is 9.71. The summed E-state index contributed by atoms with van der Waals surface area (Å²) < 4.78 is 76.5. The molecule has 2 aliphatic rings. The average molecular weight is 587 g/mol. The van der Waals surface area contributed by atoms with Crippen LogP contribution in [-0.2, 0) is 22.7 Å². The molecule has 2 N–H and O–H groups in total. The molecule has 4 rings (SSSR count). The van der Waals surface area contributed by atoms with Gasteiger partial charge in [0.1, 0.15) is 5.82 Å². The third kappa shape index (κ3) is 11.5. The summed E-state index contributed by atoms with van der Waals surface area (Å²) in [5.74, 6) is -5.66. The number of carboxylic acid groups (broad SMARTS) is 2. The first-order valence-electron chi connectivity index (χ1n) is 11.9. The van der Waals surface area contributed by atoms with Crippen LogP contribution in [0.25, 0.3) is 0 Å². The Morgan fingerprint density at radius 2 is 1.18 bits per heavy atom. The van der Waals surface area contributed by atoms with Crippen LogP contribution in [0.2, 0.25) is 0 Å². The molecule has 39 heavy (non-hydrogen) atoms. The summed E-state index contributed by atoms with van der Waals surface area (Å²) in [4.78, 5) is 24.4. The molecule has 1 aromatic carbocycles. The summed E-state index contributed by atoms with van der Waals surface area (Å²) in [5, 5.41) is 16.4. The van der Waals surface area contributed by atoms with Crippen LogP contribution in [-0.4, -0.2) is 70.5 Å². The molecule has 1 spiro atoms. The molecule has 0 saturated carbocycles. The van der Waals surface area contributed by atoms with Crippen molar-refractivity contribution in [2.75, 3.05) is 26.2 Å². The molecule has 2 aromatic rings. The lowest BCUT2D eigenvalue weighted by Gasteiger charge is -2.47. The van der Waals surface area contributed by atoms with E-state index in [1.165, 1.54) is 62.3 Å². The predicted octanol–water partition coefficient (Wildman–Crippen LogP) is 6.03. The molecule has 14 heteroatoms. The minimum Gasteiger partial charge on any atom is -0.475 e. The topological polar surface area (TPSA) is 81.1 Å². The van der Waals surface area contributed by atoms with Crippen molar-refractivity contribution >= 4 is 23.3 Å². The lowest BCUT2D eigenvalue weighted by Crippen LogP contribution is -2.46. The van der Waals surface area contributed by atoms with Crippen LogP contribution >= 0.6 is 11.3 Å². The first-order chi connectivity index (χ1) is 18.1. The second-order valence-corrected chi connectivity index (χ2v) is 10.4. The molecule has 6 nitrogen and oxygen atoms in total. The maximum Gasteiger partial charge on any atom is 0.490 e. The maximum atomic E-state index is 13.0. The van der Waals surface area contributed by atoms with E-state index in [0.29, 0.717) is 5.41 Å². The van der Waals surface area contributed by atoms with Crippen molar-refractivity contribution in [2.24, 2.45) is 5.41 Å². The van der Waals surface area contributed by atoms with Gasteiger partial charge in [-0.1, -0.05) is 18.2 Å². The van der Waals surface area contributed by atoms with E-state index in [0.717, 1.165) is 13.1 Å². The van der Waals surface area contributed by atoms with Gasteiger partial charge < -0.3 is 10.2 Å². The molecular weight excluding hydrogens is 557 g/mol. The number of rotatable bonds is 4. The highest BCUT2D eigenvalue weighted by atomic mass is 32.1. The summed E-state index contributed by atoms with van der Waals surface area (Å²) in [7, 11) is 0. The van der Waals surface area contributed by atoms with Crippen LogP contribution in [0.1, 0.15) is 36.1 Å². The number of carboxylic acids is 2. The quantitative estimate of drug-likeness (QED) is 0.426. The Balaban J connectivity index is 0.000000317. The van der Waals surface area contributed by atoms with Crippen molar-refractivity contribution in [3.63, 3.8) is 0 Å². The molecule has 218 valence electrons. The molecule has 2 aliphatic heterocycles. The minimum atomic E-state index is -5.08. The highest BCUT2D eigenvalue weighted by Crippen LogP contribution is 2.41. The van der Waals surface area contributed by atoms with E-state index in [-0.39, 0.29) is 5.82 Å². The van der Waals surface area contributed by atoms with Gasteiger partial charge >= 0.3 is 24.3 Å². The number of aliphatic carboxylic acids is 2. The molecular formula is C25H29F7N2O4S. The molecule has 0 aliphatic carbocycles. The summed E-state index contributed by atoms with van der Waals surface area (Å²) >= 11 is 1.87. The molecule has 0 atom stereocenters. The van der Waals surface area contributed by atoms with Gasteiger partial charge in [0, 0.05) is 18.0 Å². The van der Waals surface area contributed by atoms with E-state index in [1.807, 2.05) is 23.5 Å². The van der Waals surface area contributed by atoms with Crippen molar-refractivity contribution in [1.82, 2.24) is 9.80 Å². The van der Waals surface area contributed by atoms with Crippen molar-refractivity contribution in [3.8, 4) is 0 Å². The van der Waals surface area contributed by atoms with Crippen molar-refractivity contribution < 1.29 is 50.5 Å². The van der Waals surface area contributed by atoms with Gasteiger partial charge in [-0.15, -0.1) is 11.3 Å². The fourth-order valence-electron chi connectivity index (χ4n) is 4.34. The van der Waals surface area contributed by atoms with Crippen LogP contribution in [0.15, 0.2) is 41.8 Å². The summed E-state index contributed by atoms with van der Waals surface area (Å²) in [5.41, 5.74) is 1.80. The molecule has 2 saturated heterocycles. The Kier molecular flexibility index (Phi) is 11.7. The largest absolute Gasteiger partial charge is 0.490 e. The Morgan fingerprint density at radius 3 is 1.54 bits per heavy atom. The summed E-state index contributed by atoms with van der Waals surface area (Å²) in [6.07, 6.45) is -4.83. The summed E-state index contributed by atoms with van der Waals surface area (Å²) in [6.45, 7) is 6.95. The zero-order valence-electron chi connectivity index (χ0n) is 20.8. The maximum absolute atomic E-state index is 13.0. The monoisotopic (exact) mass is 586 g/mol. The molecule has 0 radical (unpaired) electrons. The Hall–Kier alpha value is -2.71. The summed E-state index contributed by atoms with van der Waals surface area (Å²) in [6, 6.07) is 11.4. The number of hydrogen-bond acceptors (Lipinski definition) is 5. The van der Waals surface area contributed by atoms with Crippen molar-refractivity contribution in [1.29, 1.82) is 0 Å². The third-order valence-electron chi connectivity index (χ3n) is 6.60. The second kappa shape index (κ2) is 14.1. The van der Waals surface area contributed by atoms with E-state index in [9.17, 15) is 30.7 Å². The van der Waals surface area contributed by atoms with Gasteiger partial charge in [-0.3, -0.25) is 9.80 Å². The standard InChI is InChI=1S/C21H27FN2S.2C2HF3O2/c22-19-5-3-18(4-6-19)16-23-11-7-21(8-12-23)9-13-24(14-10-21)17-20-2-1-15-25-20;2*3-2(4,5)1(6)7/h1-6,15H,7-14,16-17H2;2*(H,6,7). The number of likely N-dealkylation sites (tertiary alicyclic amines) is 2. The van der Waals surface area contributed by atoms with Crippen molar-refractivity contribution in [2.45, 2.75) is 51.1 Å². The van der Waals surface area contributed by atoms with Gasteiger partial charge in [-0.25, -0.2) is 14.0 Å². The third-order valence-corrected chi connectivity index (χ3v) is 7.46. The predicted molar refractivity (Wildman–Crippen MR) is 130 cm³/mol. The van der Waals surface area contributed by atoms with E-state index in [2.05, 4.69) is 27.3 Å². The van der Waals surface area contributed by atoms with Gasteiger partial charge in [-0.2, -0.15) is 26.3 Å². The van der Waals surface area contributed by atoms with E-state index >= 15 is 0 Å². The lowest BCUT2D eigenvalue weighted by molar-refractivity contribution is -0.193. The van der Waals surface area contributed by atoms with Crippen molar-refractivity contribution in [3.05, 3.63) is 58.0 Å². The highest BCUT2D eigenvalue weighted by Gasteiger charge is 2.39. The van der Waals surface area contributed by atoms with Gasteiger partial charge in [0.05, 0.1) is 0 Å². The number of nitrogens with zero attached hydrogens (tertiary/aromatic N) is 2.